The Bertz CT molecular complexity index is 659. The Morgan fingerprint density at radius 1 is 1.26 bits per heavy atom. The summed E-state index contributed by atoms with van der Waals surface area (Å²) >= 11 is 7.22. The van der Waals surface area contributed by atoms with Crippen molar-refractivity contribution in [3.63, 3.8) is 0 Å². The van der Waals surface area contributed by atoms with E-state index < -0.39 is 10.0 Å². The first-order chi connectivity index (χ1) is 8.88. The van der Waals surface area contributed by atoms with Crippen molar-refractivity contribution in [1.82, 2.24) is 9.71 Å². The summed E-state index contributed by atoms with van der Waals surface area (Å²) in [7, 11) is -3.52. The molecule has 1 aromatic heterocycles. The zero-order valence-corrected chi connectivity index (χ0v) is 12.9. The summed E-state index contributed by atoms with van der Waals surface area (Å²) in [6.45, 7) is 4.07. The first-order valence-electron chi connectivity index (χ1n) is 5.56. The van der Waals surface area contributed by atoms with E-state index in [0.29, 0.717) is 5.02 Å². The zero-order chi connectivity index (χ0) is 14.0. The Morgan fingerprint density at radius 2 is 1.89 bits per heavy atom. The molecule has 0 radical (unpaired) electrons. The average Bonchev–Trinajstić information content (AvgIpc) is 2.67. The third-order valence-electron chi connectivity index (χ3n) is 2.61. The van der Waals surface area contributed by atoms with Crippen molar-refractivity contribution in [2.75, 3.05) is 0 Å². The van der Waals surface area contributed by atoms with E-state index in [2.05, 4.69) is 9.71 Å². The number of aromatic nitrogens is 1. The van der Waals surface area contributed by atoms with Crippen LogP contribution in [0.1, 0.15) is 15.6 Å². The molecule has 0 aliphatic carbocycles. The average molecular weight is 317 g/mol. The van der Waals surface area contributed by atoms with Crippen molar-refractivity contribution in [3.05, 3.63) is 44.9 Å². The highest BCUT2D eigenvalue weighted by Crippen LogP contribution is 2.18. The lowest BCUT2D eigenvalue weighted by molar-refractivity contribution is 0.581. The van der Waals surface area contributed by atoms with Gasteiger partial charge in [-0.25, -0.2) is 18.1 Å². The summed E-state index contributed by atoms with van der Waals surface area (Å²) < 4.78 is 26.6. The fourth-order valence-corrected chi connectivity index (χ4v) is 3.55. The Hall–Kier alpha value is -0.950. The van der Waals surface area contributed by atoms with Gasteiger partial charge < -0.3 is 0 Å². The highest BCUT2D eigenvalue weighted by molar-refractivity contribution is 7.89. The van der Waals surface area contributed by atoms with Crippen LogP contribution in [-0.4, -0.2) is 13.4 Å². The fraction of sp³-hybridized carbons (Fsp3) is 0.250. The van der Waals surface area contributed by atoms with Gasteiger partial charge in [0, 0.05) is 9.90 Å². The van der Waals surface area contributed by atoms with E-state index in [1.807, 2.05) is 13.8 Å². The Labute approximate surface area is 121 Å². The molecule has 2 aromatic rings. The SMILES string of the molecule is Cc1nc(CNS(=O)(=O)c2ccc(Cl)cc2)sc1C. The molecule has 1 heterocycles. The monoisotopic (exact) mass is 316 g/mol. The van der Waals surface area contributed by atoms with Crippen LogP contribution in [0.15, 0.2) is 29.2 Å². The molecule has 0 saturated carbocycles. The minimum absolute atomic E-state index is 0.196. The number of sulfonamides is 1. The van der Waals surface area contributed by atoms with Gasteiger partial charge in [0.1, 0.15) is 5.01 Å². The molecule has 7 heteroatoms. The van der Waals surface area contributed by atoms with Gasteiger partial charge in [0.25, 0.3) is 0 Å². The standard InChI is InChI=1S/C12H13ClN2O2S2/c1-8-9(2)18-12(15-8)7-14-19(16,17)11-5-3-10(13)4-6-11/h3-6,14H,7H2,1-2H3. The van der Waals surface area contributed by atoms with Gasteiger partial charge in [-0.1, -0.05) is 11.6 Å². The molecule has 0 saturated heterocycles. The van der Waals surface area contributed by atoms with Crippen molar-refractivity contribution in [2.24, 2.45) is 0 Å². The van der Waals surface area contributed by atoms with E-state index in [4.69, 9.17) is 11.6 Å². The van der Waals surface area contributed by atoms with E-state index in [-0.39, 0.29) is 11.4 Å². The molecule has 1 N–H and O–H groups in total. The summed E-state index contributed by atoms with van der Waals surface area (Å²) in [4.78, 5) is 5.59. The van der Waals surface area contributed by atoms with Crippen LogP contribution >= 0.6 is 22.9 Å². The third-order valence-corrected chi connectivity index (χ3v) is 5.35. The maximum absolute atomic E-state index is 12.0. The molecule has 0 amide bonds. The molecular weight excluding hydrogens is 304 g/mol. The number of hydrogen-bond acceptors (Lipinski definition) is 4. The van der Waals surface area contributed by atoms with Gasteiger partial charge in [0.05, 0.1) is 17.1 Å². The van der Waals surface area contributed by atoms with Crippen molar-refractivity contribution in [1.29, 1.82) is 0 Å². The normalized spacial score (nSPS) is 11.7. The molecule has 1 aromatic carbocycles. The van der Waals surface area contributed by atoms with E-state index >= 15 is 0 Å². The van der Waals surface area contributed by atoms with Gasteiger partial charge in [-0.05, 0) is 38.1 Å². The van der Waals surface area contributed by atoms with Crippen LogP contribution in [0, 0.1) is 13.8 Å². The van der Waals surface area contributed by atoms with Crippen molar-refractivity contribution >= 4 is 33.0 Å². The molecule has 4 nitrogen and oxygen atoms in total. The third kappa shape index (κ3) is 3.54. The quantitative estimate of drug-likeness (QED) is 0.943. The molecule has 19 heavy (non-hydrogen) atoms. The van der Waals surface area contributed by atoms with Crippen LogP contribution in [0.2, 0.25) is 5.02 Å². The molecule has 0 atom stereocenters. The van der Waals surface area contributed by atoms with Gasteiger partial charge in [-0.15, -0.1) is 11.3 Å². The summed E-state index contributed by atoms with van der Waals surface area (Å²) in [6.07, 6.45) is 0. The lowest BCUT2D eigenvalue weighted by Gasteiger charge is -2.05. The molecular formula is C12H13ClN2O2S2. The molecule has 102 valence electrons. The van der Waals surface area contributed by atoms with Gasteiger partial charge in [0.2, 0.25) is 10.0 Å². The predicted octanol–water partition coefficient (Wildman–Crippen LogP) is 2.89. The van der Waals surface area contributed by atoms with E-state index in [9.17, 15) is 8.42 Å². The molecule has 2 rings (SSSR count). The summed E-state index contributed by atoms with van der Waals surface area (Å²) in [5, 5.41) is 1.26. The number of nitrogens with zero attached hydrogens (tertiary/aromatic N) is 1. The molecule has 0 spiro atoms. The predicted molar refractivity (Wildman–Crippen MR) is 77.1 cm³/mol. The molecule has 0 aliphatic rings. The lowest BCUT2D eigenvalue weighted by atomic mass is 10.4. The smallest absolute Gasteiger partial charge is 0.240 e. The van der Waals surface area contributed by atoms with E-state index in [1.165, 1.54) is 23.5 Å². The summed E-state index contributed by atoms with van der Waals surface area (Å²) in [6, 6.07) is 6.05. The minimum atomic E-state index is -3.52. The maximum Gasteiger partial charge on any atom is 0.240 e. The van der Waals surface area contributed by atoms with Crippen molar-refractivity contribution < 1.29 is 8.42 Å². The first-order valence-corrected chi connectivity index (χ1v) is 8.24. The lowest BCUT2D eigenvalue weighted by Crippen LogP contribution is -2.23. The van der Waals surface area contributed by atoms with Crippen LogP contribution in [0.25, 0.3) is 0 Å². The number of aryl methyl sites for hydroxylation is 2. The van der Waals surface area contributed by atoms with Gasteiger partial charge >= 0.3 is 0 Å². The van der Waals surface area contributed by atoms with Gasteiger partial charge in [-0.3, -0.25) is 0 Å². The largest absolute Gasteiger partial charge is 0.245 e. The Balaban J connectivity index is 2.11. The van der Waals surface area contributed by atoms with Crippen molar-refractivity contribution in [3.8, 4) is 0 Å². The Kier molecular flexibility index (Phi) is 4.25. The van der Waals surface area contributed by atoms with Gasteiger partial charge in [0.15, 0.2) is 0 Å². The second-order valence-corrected chi connectivity index (χ2v) is 7.52. The zero-order valence-electron chi connectivity index (χ0n) is 10.5. The number of nitrogens with one attached hydrogen (secondary N) is 1. The van der Waals surface area contributed by atoms with Gasteiger partial charge in [-0.2, -0.15) is 0 Å². The highest BCUT2D eigenvalue weighted by atomic mass is 35.5. The number of benzene rings is 1. The van der Waals surface area contributed by atoms with Crippen LogP contribution in [-0.2, 0) is 16.6 Å². The number of halogens is 1. The minimum Gasteiger partial charge on any atom is -0.245 e. The van der Waals surface area contributed by atoms with Crippen molar-refractivity contribution in [2.45, 2.75) is 25.3 Å². The van der Waals surface area contributed by atoms with E-state index in [0.717, 1.165) is 15.6 Å². The fourth-order valence-electron chi connectivity index (χ4n) is 1.47. The molecule has 0 fully saturated rings. The summed E-state index contributed by atoms with van der Waals surface area (Å²) in [5.74, 6) is 0. The van der Waals surface area contributed by atoms with Crippen LogP contribution in [0.5, 0.6) is 0 Å². The van der Waals surface area contributed by atoms with Crippen LogP contribution in [0.4, 0.5) is 0 Å². The highest BCUT2D eigenvalue weighted by Gasteiger charge is 2.14. The van der Waals surface area contributed by atoms with Crippen LogP contribution < -0.4 is 4.72 Å². The van der Waals surface area contributed by atoms with Crippen LogP contribution in [0.3, 0.4) is 0 Å². The summed E-state index contributed by atoms with van der Waals surface area (Å²) in [5.41, 5.74) is 0.936. The number of thiazole rings is 1. The molecule has 0 bridgehead atoms. The maximum atomic E-state index is 12.0. The topological polar surface area (TPSA) is 59.1 Å². The number of hydrogen-bond donors (Lipinski definition) is 1. The second kappa shape index (κ2) is 5.58. The second-order valence-electron chi connectivity index (χ2n) is 4.03. The molecule has 0 aliphatic heterocycles. The number of rotatable bonds is 4. The Morgan fingerprint density at radius 3 is 2.42 bits per heavy atom. The molecule has 0 unspecified atom stereocenters. The first kappa shape index (κ1) is 14.5. The van der Waals surface area contributed by atoms with E-state index in [1.54, 1.807) is 12.1 Å².